The maximum atomic E-state index is 11.7. The van der Waals surface area contributed by atoms with E-state index in [2.05, 4.69) is 37.0 Å². The van der Waals surface area contributed by atoms with Gasteiger partial charge in [-0.2, -0.15) is 0 Å². The molecule has 1 unspecified atom stereocenters. The molecule has 1 aliphatic heterocycles. The number of hydrogen-bond acceptors (Lipinski definition) is 5. The summed E-state index contributed by atoms with van der Waals surface area (Å²) in [6.07, 6.45) is 0. The van der Waals surface area contributed by atoms with Crippen molar-refractivity contribution < 1.29 is 14.6 Å². The molecule has 2 aromatic rings. The third-order valence-corrected chi connectivity index (χ3v) is 4.95. The highest BCUT2D eigenvalue weighted by Gasteiger charge is 2.33. The highest BCUT2D eigenvalue weighted by Crippen LogP contribution is 2.24. The first-order chi connectivity index (χ1) is 12.4. The second kappa shape index (κ2) is 7.45. The number of aliphatic carboxylic acids is 1. The van der Waals surface area contributed by atoms with E-state index in [1.165, 1.54) is 11.1 Å². The monoisotopic (exact) mass is 358 g/mol. The molecule has 7 heteroatoms. The van der Waals surface area contributed by atoms with Crippen molar-refractivity contribution >= 4 is 5.97 Å². The molecule has 3 rings (SSSR count). The van der Waals surface area contributed by atoms with E-state index >= 15 is 0 Å². The van der Waals surface area contributed by atoms with Gasteiger partial charge in [0, 0.05) is 6.54 Å². The number of aromatic nitrogens is 3. The van der Waals surface area contributed by atoms with E-state index in [1.54, 1.807) is 0 Å². The molecule has 7 nitrogen and oxygen atoms in total. The van der Waals surface area contributed by atoms with Crippen molar-refractivity contribution in [2.75, 3.05) is 13.2 Å². The molecule has 2 heterocycles. The van der Waals surface area contributed by atoms with E-state index in [9.17, 15) is 9.90 Å². The molecule has 0 saturated heterocycles. The van der Waals surface area contributed by atoms with Gasteiger partial charge in [-0.15, -0.1) is 10.2 Å². The smallest absolute Gasteiger partial charge is 0.322 e. The number of carboxylic acids is 1. The second-order valence-corrected chi connectivity index (χ2v) is 7.12. The van der Waals surface area contributed by atoms with Gasteiger partial charge < -0.3 is 14.4 Å². The van der Waals surface area contributed by atoms with Gasteiger partial charge in [-0.05, 0) is 43.0 Å². The standard InChI is InChI=1S/C19H26N4O3/c1-12(2)16-6-5-15(9-13(16)3)26-8-7-22-11-18-21-20-14(4)23(18)10-17(22)19(24)25/h5-6,9,12,17H,7-8,10-11H2,1-4H3,(H,24,25). The summed E-state index contributed by atoms with van der Waals surface area (Å²) in [4.78, 5) is 13.5. The Bertz CT molecular complexity index is 800. The molecule has 0 fully saturated rings. The topological polar surface area (TPSA) is 80.5 Å². The van der Waals surface area contributed by atoms with Crippen LogP contribution in [0, 0.1) is 13.8 Å². The summed E-state index contributed by atoms with van der Waals surface area (Å²) in [5, 5.41) is 17.8. The van der Waals surface area contributed by atoms with E-state index in [1.807, 2.05) is 28.5 Å². The first-order valence-electron chi connectivity index (χ1n) is 8.95. The largest absolute Gasteiger partial charge is 0.492 e. The number of ether oxygens (including phenoxy) is 1. The van der Waals surface area contributed by atoms with Gasteiger partial charge in [-0.25, -0.2) is 0 Å². The van der Waals surface area contributed by atoms with E-state index in [4.69, 9.17) is 4.74 Å². The lowest BCUT2D eigenvalue weighted by Crippen LogP contribution is -2.49. The Labute approximate surface area is 153 Å². The fraction of sp³-hybridized carbons (Fsp3) is 0.526. The van der Waals surface area contributed by atoms with Crippen LogP contribution in [0.1, 0.15) is 42.5 Å². The van der Waals surface area contributed by atoms with Crippen LogP contribution in [0.4, 0.5) is 0 Å². The molecular weight excluding hydrogens is 332 g/mol. The van der Waals surface area contributed by atoms with Crippen LogP contribution in [-0.2, 0) is 17.9 Å². The molecule has 0 radical (unpaired) electrons. The van der Waals surface area contributed by atoms with Crippen molar-refractivity contribution in [2.45, 2.75) is 52.7 Å². The zero-order chi connectivity index (χ0) is 18.8. The highest BCUT2D eigenvalue weighted by atomic mass is 16.5. The zero-order valence-corrected chi connectivity index (χ0v) is 15.8. The molecule has 1 N–H and O–H groups in total. The summed E-state index contributed by atoms with van der Waals surface area (Å²) in [6.45, 7) is 10.1. The summed E-state index contributed by atoms with van der Waals surface area (Å²) >= 11 is 0. The Balaban J connectivity index is 1.63. The van der Waals surface area contributed by atoms with Crippen molar-refractivity contribution in [3.05, 3.63) is 41.0 Å². The summed E-state index contributed by atoms with van der Waals surface area (Å²) < 4.78 is 7.75. The van der Waals surface area contributed by atoms with Gasteiger partial charge >= 0.3 is 5.97 Å². The molecule has 1 aromatic carbocycles. The number of carboxylic acid groups (broad SMARTS) is 1. The van der Waals surface area contributed by atoms with E-state index in [0.29, 0.717) is 32.2 Å². The van der Waals surface area contributed by atoms with Crippen LogP contribution < -0.4 is 4.74 Å². The minimum absolute atomic E-state index is 0.367. The molecule has 26 heavy (non-hydrogen) atoms. The minimum atomic E-state index is -0.833. The Morgan fingerprint density at radius 2 is 2.12 bits per heavy atom. The van der Waals surface area contributed by atoms with Gasteiger partial charge in [-0.1, -0.05) is 19.9 Å². The molecular formula is C19H26N4O3. The van der Waals surface area contributed by atoms with Crippen molar-refractivity contribution in [3.63, 3.8) is 0 Å². The molecule has 0 aliphatic carbocycles. The van der Waals surface area contributed by atoms with Crippen molar-refractivity contribution in [1.29, 1.82) is 0 Å². The maximum Gasteiger partial charge on any atom is 0.322 e. The number of fused-ring (bicyclic) bond motifs is 1. The number of rotatable bonds is 6. The third kappa shape index (κ3) is 3.72. The summed E-state index contributed by atoms with van der Waals surface area (Å²) in [5.74, 6) is 2.02. The molecule has 0 spiro atoms. The number of carbonyl (C=O) groups is 1. The third-order valence-electron chi connectivity index (χ3n) is 4.95. The van der Waals surface area contributed by atoms with Gasteiger partial charge in [0.1, 0.15) is 30.0 Å². The van der Waals surface area contributed by atoms with Crippen molar-refractivity contribution in [1.82, 2.24) is 19.7 Å². The number of benzene rings is 1. The normalized spacial score (nSPS) is 17.3. The van der Waals surface area contributed by atoms with Gasteiger partial charge in [-0.3, -0.25) is 9.69 Å². The van der Waals surface area contributed by atoms with Crippen molar-refractivity contribution in [3.8, 4) is 5.75 Å². The summed E-state index contributed by atoms with van der Waals surface area (Å²) in [7, 11) is 0. The Kier molecular flexibility index (Phi) is 5.27. The molecule has 1 atom stereocenters. The Morgan fingerprint density at radius 1 is 1.35 bits per heavy atom. The van der Waals surface area contributed by atoms with E-state index in [-0.39, 0.29) is 0 Å². The molecule has 1 aromatic heterocycles. The predicted molar refractivity (Wildman–Crippen MR) is 97.4 cm³/mol. The zero-order valence-electron chi connectivity index (χ0n) is 15.8. The van der Waals surface area contributed by atoms with Crippen LogP contribution in [-0.4, -0.2) is 49.9 Å². The first-order valence-corrected chi connectivity index (χ1v) is 8.95. The van der Waals surface area contributed by atoms with Crippen LogP contribution in [0.3, 0.4) is 0 Å². The van der Waals surface area contributed by atoms with Crippen LogP contribution in [0.25, 0.3) is 0 Å². The average molecular weight is 358 g/mol. The highest BCUT2D eigenvalue weighted by molar-refractivity contribution is 5.73. The number of aryl methyl sites for hydroxylation is 2. The fourth-order valence-electron chi connectivity index (χ4n) is 3.50. The summed E-state index contributed by atoms with van der Waals surface area (Å²) in [5.41, 5.74) is 2.52. The quantitative estimate of drug-likeness (QED) is 0.854. The number of nitrogens with zero attached hydrogens (tertiary/aromatic N) is 4. The molecule has 140 valence electrons. The number of hydrogen-bond donors (Lipinski definition) is 1. The lowest BCUT2D eigenvalue weighted by molar-refractivity contribution is -0.145. The predicted octanol–water partition coefficient (Wildman–Crippen LogP) is 2.37. The van der Waals surface area contributed by atoms with Crippen LogP contribution in [0.5, 0.6) is 5.75 Å². The van der Waals surface area contributed by atoms with Crippen LogP contribution in [0.15, 0.2) is 18.2 Å². The van der Waals surface area contributed by atoms with Crippen LogP contribution in [0.2, 0.25) is 0 Å². The van der Waals surface area contributed by atoms with Gasteiger partial charge in [0.05, 0.1) is 13.1 Å². The minimum Gasteiger partial charge on any atom is -0.492 e. The first kappa shape index (κ1) is 18.4. The molecule has 1 aliphatic rings. The molecule has 0 amide bonds. The lowest BCUT2D eigenvalue weighted by atomic mass is 9.98. The van der Waals surface area contributed by atoms with Gasteiger partial charge in [0.15, 0.2) is 0 Å². The maximum absolute atomic E-state index is 11.7. The SMILES string of the molecule is Cc1cc(OCCN2Cc3nnc(C)n3CC2C(=O)O)ccc1C(C)C. The second-order valence-electron chi connectivity index (χ2n) is 7.12. The Hall–Kier alpha value is -2.41. The van der Waals surface area contributed by atoms with E-state index < -0.39 is 12.0 Å². The average Bonchev–Trinajstić information content (AvgIpc) is 2.94. The summed E-state index contributed by atoms with van der Waals surface area (Å²) in [6, 6.07) is 5.53. The van der Waals surface area contributed by atoms with Crippen molar-refractivity contribution in [2.24, 2.45) is 0 Å². The Morgan fingerprint density at radius 3 is 2.77 bits per heavy atom. The lowest BCUT2D eigenvalue weighted by Gasteiger charge is -2.33. The van der Waals surface area contributed by atoms with Crippen LogP contribution >= 0.6 is 0 Å². The molecule has 0 saturated carbocycles. The van der Waals surface area contributed by atoms with Gasteiger partial charge in [0.25, 0.3) is 0 Å². The fourth-order valence-corrected chi connectivity index (χ4v) is 3.50. The molecule has 0 bridgehead atoms. The van der Waals surface area contributed by atoms with E-state index in [0.717, 1.165) is 17.4 Å². The van der Waals surface area contributed by atoms with Gasteiger partial charge in [0.2, 0.25) is 0 Å².